The van der Waals surface area contributed by atoms with Gasteiger partial charge in [0.2, 0.25) is 0 Å². The first-order valence-electron chi connectivity index (χ1n) is 4.64. The summed E-state index contributed by atoms with van der Waals surface area (Å²) in [5.41, 5.74) is 6.90. The van der Waals surface area contributed by atoms with E-state index in [-0.39, 0.29) is 12.6 Å². The fourth-order valence-corrected chi connectivity index (χ4v) is 1.33. The number of nitrogens with one attached hydrogen (secondary N) is 1. The zero-order chi connectivity index (χ0) is 10.7. The lowest BCUT2D eigenvalue weighted by Gasteiger charge is -2.06. The molecule has 1 atom stereocenters. The lowest BCUT2D eigenvalue weighted by Crippen LogP contribution is -2.13. The molecule has 0 spiro atoms. The Kier molecular flexibility index (Phi) is 2.75. The Labute approximate surface area is 87.0 Å². The minimum atomic E-state index is -0.359. The van der Waals surface area contributed by atoms with Gasteiger partial charge in [0, 0.05) is 0 Å². The van der Waals surface area contributed by atoms with Gasteiger partial charge >= 0.3 is 0 Å². The highest BCUT2D eigenvalue weighted by atomic mass is 16.3. The van der Waals surface area contributed by atoms with Gasteiger partial charge in [-0.25, -0.2) is 4.98 Å². The lowest BCUT2D eigenvalue weighted by atomic mass is 10.1. The first-order chi connectivity index (χ1) is 7.31. The lowest BCUT2D eigenvalue weighted by molar-refractivity contribution is 0.271. The number of aliphatic hydroxyl groups excluding tert-OH is 1. The molecular formula is C10H12N4O. The number of H-pyrrole nitrogens is 1. The number of aromatic amines is 1. The second kappa shape index (κ2) is 4.20. The molecule has 1 aromatic heterocycles. The molecule has 5 nitrogen and oxygen atoms in total. The number of rotatable bonds is 3. The van der Waals surface area contributed by atoms with E-state index < -0.39 is 0 Å². The first-order valence-corrected chi connectivity index (χ1v) is 4.64. The number of nitrogens with two attached hydrogens (primary N) is 1. The van der Waals surface area contributed by atoms with Crippen molar-refractivity contribution in [1.29, 1.82) is 0 Å². The summed E-state index contributed by atoms with van der Waals surface area (Å²) in [6.07, 6.45) is 0. The highest BCUT2D eigenvalue weighted by Gasteiger charge is 2.13. The van der Waals surface area contributed by atoms with Crippen molar-refractivity contribution >= 4 is 0 Å². The molecular weight excluding hydrogens is 192 g/mol. The average Bonchev–Trinajstić information content (AvgIpc) is 2.78. The van der Waals surface area contributed by atoms with Gasteiger partial charge < -0.3 is 10.8 Å². The molecule has 0 aliphatic rings. The van der Waals surface area contributed by atoms with Gasteiger partial charge in [-0.3, -0.25) is 5.10 Å². The van der Waals surface area contributed by atoms with Gasteiger partial charge in [0.15, 0.2) is 5.82 Å². The summed E-state index contributed by atoms with van der Waals surface area (Å²) < 4.78 is 0. The summed E-state index contributed by atoms with van der Waals surface area (Å²) in [5, 5.41) is 15.4. The molecule has 2 aromatic rings. The van der Waals surface area contributed by atoms with Gasteiger partial charge in [0.05, 0.1) is 6.04 Å². The summed E-state index contributed by atoms with van der Waals surface area (Å²) in [4.78, 5) is 4.06. The molecule has 1 heterocycles. The second-order valence-corrected chi connectivity index (χ2v) is 3.19. The summed E-state index contributed by atoms with van der Waals surface area (Å²) in [5.74, 6) is 0.918. The van der Waals surface area contributed by atoms with Crippen LogP contribution in [0.25, 0.3) is 0 Å². The van der Waals surface area contributed by atoms with Crippen LogP contribution in [0.15, 0.2) is 30.3 Å². The normalized spacial score (nSPS) is 12.7. The van der Waals surface area contributed by atoms with E-state index >= 15 is 0 Å². The minimum absolute atomic E-state index is 0.158. The first kappa shape index (κ1) is 9.82. The molecule has 78 valence electrons. The highest BCUT2D eigenvalue weighted by molar-refractivity contribution is 5.23. The van der Waals surface area contributed by atoms with Crippen LogP contribution in [-0.2, 0) is 6.61 Å². The fraction of sp³-hybridized carbons (Fsp3) is 0.200. The predicted molar refractivity (Wildman–Crippen MR) is 54.8 cm³/mol. The molecule has 5 heteroatoms. The molecule has 0 saturated carbocycles. The smallest absolute Gasteiger partial charge is 0.171 e. The van der Waals surface area contributed by atoms with Crippen molar-refractivity contribution in [1.82, 2.24) is 15.2 Å². The summed E-state index contributed by atoms with van der Waals surface area (Å²) in [6.45, 7) is -0.158. The molecule has 4 N–H and O–H groups in total. The van der Waals surface area contributed by atoms with Gasteiger partial charge in [0.25, 0.3) is 0 Å². The average molecular weight is 204 g/mol. The van der Waals surface area contributed by atoms with E-state index in [1.807, 2.05) is 30.3 Å². The third kappa shape index (κ3) is 2.03. The van der Waals surface area contributed by atoms with Crippen molar-refractivity contribution in [3.05, 3.63) is 47.5 Å². The van der Waals surface area contributed by atoms with Crippen LogP contribution in [0.5, 0.6) is 0 Å². The Morgan fingerprint density at radius 1 is 1.33 bits per heavy atom. The maximum absolute atomic E-state index is 8.83. The van der Waals surface area contributed by atoms with Gasteiger partial charge in [-0.05, 0) is 5.56 Å². The Bertz CT molecular complexity index is 426. The Morgan fingerprint density at radius 2 is 2.07 bits per heavy atom. The molecule has 1 aromatic carbocycles. The van der Waals surface area contributed by atoms with Crippen molar-refractivity contribution in [2.45, 2.75) is 12.6 Å². The van der Waals surface area contributed by atoms with E-state index in [1.54, 1.807) is 0 Å². The van der Waals surface area contributed by atoms with Crippen LogP contribution in [0.1, 0.15) is 23.3 Å². The van der Waals surface area contributed by atoms with Crippen molar-refractivity contribution in [2.75, 3.05) is 0 Å². The highest BCUT2D eigenvalue weighted by Crippen LogP contribution is 2.15. The largest absolute Gasteiger partial charge is 0.388 e. The standard InChI is InChI=1S/C10H12N4O/c11-9(7-4-2-1-3-5-7)10-12-8(6-15)13-14-10/h1-5,9,15H,6,11H2,(H,12,13,14)/t9-/m0/s1. The van der Waals surface area contributed by atoms with E-state index in [1.165, 1.54) is 0 Å². The molecule has 0 amide bonds. The molecule has 0 aliphatic carbocycles. The second-order valence-electron chi connectivity index (χ2n) is 3.19. The van der Waals surface area contributed by atoms with Crippen LogP contribution in [-0.4, -0.2) is 20.3 Å². The zero-order valence-electron chi connectivity index (χ0n) is 8.09. The minimum Gasteiger partial charge on any atom is -0.388 e. The number of benzene rings is 1. The monoisotopic (exact) mass is 204 g/mol. The molecule has 15 heavy (non-hydrogen) atoms. The molecule has 0 unspecified atom stereocenters. The number of aliphatic hydroxyl groups is 1. The van der Waals surface area contributed by atoms with Crippen LogP contribution in [0.4, 0.5) is 0 Å². The van der Waals surface area contributed by atoms with Gasteiger partial charge in [0.1, 0.15) is 12.4 Å². The SMILES string of the molecule is N[C@@H](c1ccccc1)c1n[nH]c(CO)n1. The van der Waals surface area contributed by atoms with Crippen LogP contribution in [0.3, 0.4) is 0 Å². The Morgan fingerprint density at radius 3 is 2.67 bits per heavy atom. The number of hydrogen-bond acceptors (Lipinski definition) is 4. The molecule has 0 radical (unpaired) electrons. The molecule has 0 bridgehead atoms. The third-order valence-corrected chi connectivity index (χ3v) is 2.14. The van der Waals surface area contributed by atoms with Gasteiger partial charge in [-0.1, -0.05) is 30.3 Å². The van der Waals surface area contributed by atoms with Crippen molar-refractivity contribution in [3.8, 4) is 0 Å². The topological polar surface area (TPSA) is 87.8 Å². The van der Waals surface area contributed by atoms with Gasteiger partial charge in [-0.2, -0.15) is 5.10 Å². The van der Waals surface area contributed by atoms with Crippen LogP contribution < -0.4 is 5.73 Å². The van der Waals surface area contributed by atoms with E-state index in [0.717, 1.165) is 5.56 Å². The van der Waals surface area contributed by atoms with Crippen LogP contribution in [0.2, 0.25) is 0 Å². The predicted octanol–water partition coefficient (Wildman–Crippen LogP) is 0.345. The number of hydrogen-bond donors (Lipinski definition) is 3. The van der Waals surface area contributed by atoms with Crippen molar-refractivity contribution in [3.63, 3.8) is 0 Å². The maximum atomic E-state index is 8.83. The van der Waals surface area contributed by atoms with Crippen molar-refractivity contribution in [2.24, 2.45) is 5.73 Å². The Balaban J connectivity index is 2.24. The summed E-state index contributed by atoms with van der Waals surface area (Å²) in [7, 11) is 0. The molecule has 0 saturated heterocycles. The van der Waals surface area contributed by atoms with Crippen LogP contribution >= 0.6 is 0 Å². The number of nitrogens with zero attached hydrogens (tertiary/aromatic N) is 2. The number of aromatic nitrogens is 3. The zero-order valence-corrected chi connectivity index (χ0v) is 8.09. The van der Waals surface area contributed by atoms with Gasteiger partial charge in [-0.15, -0.1) is 0 Å². The quantitative estimate of drug-likeness (QED) is 0.673. The summed E-state index contributed by atoms with van der Waals surface area (Å²) >= 11 is 0. The summed E-state index contributed by atoms with van der Waals surface area (Å²) in [6, 6.07) is 9.22. The van der Waals surface area contributed by atoms with Crippen LogP contribution in [0, 0.1) is 0 Å². The molecule has 0 aliphatic heterocycles. The third-order valence-electron chi connectivity index (χ3n) is 2.14. The van der Waals surface area contributed by atoms with E-state index in [9.17, 15) is 0 Å². The fourth-order valence-electron chi connectivity index (χ4n) is 1.33. The van der Waals surface area contributed by atoms with E-state index in [0.29, 0.717) is 11.6 Å². The van der Waals surface area contributed by atoms with Crippen molar-refractivity contribution < 1.29 is 5.11 Å². The Hall–Kier alpha value is -1.72. The van der Waals surface area contributed by atoms with E-state index in [4.69, 9.17) is 10.8 Å². The molecule has 2 rings (SSSR count). The van der Waals surface area contributed by atoms with E-state index in [2.05, 4.69) is 15.2 Å². The maximum Gasteiger partial charge on any atom is 0.171 e. The molecule has 0 fully saturated rings.